The molecule has 3 aliphatic rings. The van der Waals surface area contributed by atoms with E-state index >= 15 is 0 Å². The standard InChI is InChI=1S/C19H21N3O4/c20-17(23)15-11-12(5-6-16(15)21-7-9-26-10-8-21)22-18(24)13-3-1-2-4-14(13)19(22)25/h1-2,5-6,11,13-14H,3-4,7-10H2,(H2,20,23)/t13-,14-/m0/s1. The highest BCUT2D eigenvalue weighted by atomic mass is 16.5. The van der Waals surface area contributed by atoms with Crippen LogP contribution >= 0.6 is 0 Å². The van der Waals surface area contributed by atoms with E-state index in [4.69, 9.17) is 10.5 Å². The highest BCUT2D eigenvalue weighted by Crippen LogP contribution is 2.38. The molecule has 7 heteroatoms. The molecule has 0 unspecified atom stereocenters. The Hall–Kier alpha value is -2.67. The van der Waals surface area contributed by atoms with Gasteiger partial charge in [-0.15, -0.1) is 0 Å². The average molecular weight is 355 g/mol. The zero-order valence-electron chi connectivity index (χ0n) is 14.4. The van der Waals surface area contributed by atoms with Crippen molar-refractivity contribution in [1.29, 1.82) is 0 Å². The first kappa shape index (κ1) is 16.8. The highest BCUT2D eigenvalue weighted by Gasteiger charge is 2.48. The lowest BCUT2D eigenvalue weighted by Gasteiger charge is -2.30. The second-order valence-corrected chi connectivity index (χ2v) is 6.83. The zero-order valence-corrected chi connectivity index (χ0v) is 14.4. The number of allylic oxidation sites excluding steroid dienone is 2. The topological polar surface area (TPSA) is 92.9 Å². The monoisotopic (exact) mass is 355 g/mol. The fourth-order valence-electron chi connectivity index (χ4n) is 4.00. The SMILES string of the molecule is NC(=O)c1cc(N2C(=O)[C@H]3CC=CC[C@@H]3C2=O)ccc1N1CCOCC1. The van der Waals surface area contributed by atoms with Crippen LogP contribution in [0.15, 0.2) is 30.4 Å². The summed E-state index contributed by atoms with van der Waals surface area (Å²) >= 11 is 0. The van der Waals surface area contributed by atoms with Crippen LogP contribution in [0, 0.1) is 11.8 Å². The molecule has 26 heavy (non-hydrogen) atoms. The number of imide groups is 1. The van der Waals surface area contributed by atoms with Gasteiger partial charge < -0.3 is 15.4 Å². The Morgan fingerprint density at radius 3 is 2.23 bits per heavy atom. The lowest BCUT2D eigenvalue weighted by atomic mass is 9.85. The molecule has 1 aliphatic carbocycles. The summed E-state index contributed by atoms with van der Waals surface area (Å²) in [6.45, 7) is 2.49. The Morgan fingerprint density at radius 1 is 1.04 bits per heavy atom. The number of fused-ring (bicyclic) bond motifs is 1. The quantitative estimate of drug-likeness (QED) is 0.647. The number of nitrogens with zero attached hydrogens (tertiary/aromatic N) is 2. The van der Waals surface area contributed by atoms with Gasteiger partial charge in [0, 0.05) is 18.8 Å². The van der Waals surface area contributed by atoms with Gasteiger partial charge in [-0.3, -0.25) is 19.3 Å². The van der Waals surface area contributed by atoms with Crippen molar-refractivity contribution >= 4 is 29.1 Å². The third-order valence-electron chi connectivity index (χ3n) is 5.36. The van der Waals surface area contributed by atoms with E-state index in [0.29, 0.717) is 56.1 Å². The van der Waals surface area contributed by atoms with Gasteiger partial charge in [0.15, 0.2) is 0 Å². The molecule has 4 rings (SSSR count). The largest absolute Gasteiger partial charge is 0.378 e. The first-order valence-corrected chi connectivity index (χ1v) is 8.87. The molecule has 2 aliphatic heterocycles. The molecule has 0 saturated carbocycles. The number of carbonyl (C=O) groups excluding carboxylic acids is 3. The van der Waals surface area contributed by atoms with Crippen molar-refractivity contribution in [3.05, 3.63) is 35.9 Å². The second-order valence-electron chi connectivity index (χ2n) is 6.83. The Bertz CT molecular complexity index is 772. The first-order chi connectivity index (χ1) is 12.6. The van der Waals surface area contributed by atoms with E-state index in [1.54, 1.807) is 18.2 Å². The molecule has 2 saturated heterocycles. The number of benzene rings is 1. The van der Waals surface area contributed by atoms with Gasteiger partial charge in [0.25, 0.3) is 5.91 Å². The Balaban J connectivity index is 1.69. The molecule has 0 radical (unpaired) electrons. The van der Waals surface area contributed by atoms with Crippen molar-refractivity contribution < 1.29 is 19.1 Å². The van der Waals surface area contributed by atoms with Crippen LogP contribution in [0.3, 0.4) is 0 Å². The molecule has 7 nitrogen and oxygen atoms in total. The summed E-state index contributed by atoms with van der Waals surface area (Å²) in [5.74, 6) is -1.57. The van der Waals surface area contributed by atoms with E-state index in [1.807, 2.05) is 17.1 Å². The predicted octanol–water partition coefficient (Wildman–Crippen LogP) is 1.08. The predicted molar refractivity (Wildman–Crippen MR) is 95.8 cm³/mol. The number of hydrogen-bond acceptors (Lipinski definition) is 5. The fourth-order valence-corrected chi connectivity index (χ4v) is 4.00. The van der Waals surface area contributed by atoms with E-state index in [1.165, 1.54) is 4.90 Å². The summed E-state index contributed by atoms with van der Waals surface area (Å²) in [7, 11) is 0. The summed E-state index contributed by atoms with van der Waals surface area (Å²) < 4.78 is 5.35. The van der Waals surface area contributed by atoms with Gasteiger partial charge >= 0.3 is 0 Å². The number of primary amides is 1. The number of nitrogens with two attached hydrogens (primary N) is 1. The van der Waals surface area contributed by atoms with Gasteiger partial charge in [-0.1, -0.05) is 12.2 Å². The lowest BCUT2D eigenvalue weighted by molar-refractivity contribution is -0.122. The molecule has 2 atom stereocenters. The number of carbonyl (C=O) groups is 3. The fraction of sp³-hybridized carbons (Fsp3) is 0.421. The van der Waals surface area contributed by atoms with E-state index in [2.05, 4.69) is 0 Å². The van der Waals surface area contributed by atoms with Crippen LogP contribution < -0.4 is 15.5 Å². The average Bonchev–Trinajstić information content (AvgIpc) is 2.93. The maximum absolute atomic E-state index is 12.7. The molecule has 2 fully saturated rings. The number of morpholine rings is 1. The van der Waals surface area contributed by atoms with E-state index in [9.17, 15) is 14.4 Å². The van der Waals surface area contributed by atoms with Gasteiger partial charge in [0.1, 0.15) is 0 Å². The smallest absolute Gasteiger partial charge is 0.250 e. The van der Waals surface area contributed by atoms with Crippen LogP contribution in [0.4, 0.5) is 11.4 Å². The molecular formula is C19H21N3O4. The van der Waals surface area contributed by atoms with Gasteiger partial charge in [-0.2, -0.15) is 0 Å². The molecule has 3 amide bonds. The van der Waals surface area contributed by atoms with Gasteiger partial charge in [0.05, 0.1) is 36.3 Å². The van der Waals surface area contributed by atoms with Crippen molar-refractivity contribution in [1.82, 2.24) is 0 Å². The summed E-state index contributed by atoms with van der Waals surface area (Å²) in [6, 6.07) is 5.05. The number of hydrogen-bond donors (Lipinski definition) is 1. The minimum absolute atomic E-state index is 0.195. The third kappa shape index (κ3) is 2.68. The van der Waals surface area contributed by atoms with Crippen LogP contribution in [-0.4, -0.2) is 44.0 Å². The summed E-state index contributed by atoms with van der Waals surface area (Å²) in [5, 5.41) is 0. The summed E-state index contributed by atoms with van der Waals surface area (Å²) in [6.07, 6.45) is 5.07. The van der Waals surface area contributed by atoms with Gasteiger partial charge in [0.2, 0.25) is 11.8 Å². The summed E-state index contributed by atoms with van der Waals surface area (Å²) in [4.78, 5) is 40.8. The molecular weight excluding hydrogens is 334 g/mol. The molecule has 1 aromatic rings. The van der Waals surface area contributed by atoms with E-state index < -0.39 is 5.91 Å². The van der Waals surface area contributed by atoms with Crippen molar-refractivity contribution in [2.45, 2.75) is 12.8 Å². The zero-order chi connectivity index (χ0) is 18.3. The molecule has 0 spiro atoms. The van der Waals surface area contributed by atoms with Crippen LogP contribution in [0.5, 0.6) is 0 Å². The number of amides is 3. The van der Waals surface area contributed by atoms with Crippen molar-refractivity contribution in [3.8, 4) is 0 Å². The molecule has 0 bridgehead atoms. The maximum atomic E-state index is 12.7. The van der Waals surface area contributed by atoms with Crippen LogP contribution in [-0.2, 0) is 14.3 Å². The van der Waals surface area contributed by atoms with Crippen molar-refractivity contribution in [2.24, 2.45) is 17.6 Å². The minimum Gasteiger partial charge on any atom is -0.378 e. The molecule has 0 aromatic heterocycles. The molecule has 2 N–H and O–H groups in total. The van der Waals surface area contributed by atoms with Crippen LogP contribution in [0.2, 0.25) is 0 Å². The Morgan fingerprint density at radius 2 is 1.65 bits per heavy atom. The van der Waals surface area contributed by atoms with Crippen LogP contribution in [0.25, 0.3) is 0 Å². The normalized spacial score (nSPS) is 25.5. The van der Waals surface area contributed by atoms with Crippen LogP contribution in [0.1, 0.15) is 23.2 Å². The number of ether oxygens (including phenoxy) is 1. The van der Waals surface area contributed by atoms with Gasteiger partial charge in [-0.25, -0.2) is 0 Å². The Kier molecular flexibility index (Phi) is 4.24. The third-order valence-corrected chi connectivity index (χ3v) is 5.36. The van der Waals surface area contributed by atoms with E-state index in [0.717, 1.165) is 0 Å². The Labute approximate surface area is 151 Å². The van der Waals surface area contributed by atoms with Crippen molar-refractivity contribution in [3.63, 3.8) is 0 Å². The molecule has 1 aromatic carbocycles. The molecule has 2 heterocycles. The second kappa shape index (κ2) is 6.57. The highest BCUT2D eigenvalue weighted by molar-refractivity contribution is 6.22. The first-order valence-electron chi connectivity index (χ1n) is 8.87. The van der Waals surface area contributed by atoms with E-state index in [-0.39, 0.29) is 23.7 Å². The van der Waals surface area contributed by atoms with Gasteiger partial charge in [-0.05, 0) is 31.0 Å². The minimum atomic E-state index is -0.577. The van der Waals surface area contributed by atoms with Crippen molar-refractivity contribution in [2.75, 3.05) is 36.1 Å². The molecule has 136 valence electrons. The number of anilines is 2. The lowest BCUT2D eigenvalue weighted by Crippen LogP contribution is -2.37. The maximum Gasteiger partial charge on any atom is 0.250 e. The summed E-state index contributed by atoms with van der Waals surface area (Å²) in [5.41, 5.74) is 7.03. The number of rotatable bonds is 3.